The zero-order chi connectivity index (χ0) is 16.7. The summed E-state index contributed by atoms with van der Waals surface area (Å²) in [5.74, 6) is -1.05. The average Bonchev–Trinajstić information content (AvgIpc) is 2.99. The summed E-state index contributed by atoms with van der Waals surface area (Å²) in [6, 6.07) is 19.1. The van der Waals surface area contributed by atoms with Crippen molar-refractivity contribution in [3.8, 4) is 0 Å². The summed E-state index contributed by atoms with van der Waals surface area (Å²) in [4.78, 5) is 19.2. The van der Waals surface area contributed by atoms with Crippen molar-refractivity contribution in [3.05, 3.63) is 84.2 Å². The smallest absolute Gasteiger partial charge is 0.354 e. The molecule has 4 nitrogen and oxygen atoms in total. The molecule has 0 saturated carbocycles. The van der Waals surface area contributed by atoms with Crippen LogP contribution >= 0.6 is 0 Å². The first-order valence-electron chi connectivity index (χ1n) is 7.54. The summed E-state index contributed by atoms with van der Waals surface area (Å²) in [7, 11) is 0. The van der Waals surface area contributed by atoms with E-state index in [1.165, 1.54) is 0 Å². The van der Waals surface area contributed by atoms with Crippen LogP contribution in [0.2, 0.25) is 0 Å². The number of rotatable bonds is 3. The van der Waals surface area contributed by atoms with Gasteiger partial charge in [-0.1, -0.05) is 55.1 Å². The van der Waals surface area contributed by atoms with Crippen molar-refractivity contribution in [2.75, 3.05) is 0 Å². The van der Waals surface area contributed by atoms with E-state index in [-0.39, 0.29) is 5.69 Å². The van der Waals surface area contributed by atoms with Gasteiger partial charge in [0.2, 0.25) is 0 Å². The van der Waals surface area contributed by atoms with Crippen molar-refractivity contribution in [2.24, 2.45) is 0 Å². The lowest BCUT2D eigenvalue weighted by Crippen LogP contribution is -2.03. The summed E-state index contributed by atoms with van der Waals surface area (Å²) < 4.78 is 0. The molecular formula is C20H14N2O2. The molecule has 4 heteroatoms. The molecule has 0 aliphatic carbocycles. The number of pyridine rings is 1. The van der Waals surface area contributed by atoms with E-state index in [1.54, 1.807) is 6.07 Å². The van der Waals surface area contributed by atoms with E-state index < -0.39 is 5.97 Å². The van der Waals surface area contributed by atoms with Crippen molar-refractivity contribution >= 4 is 33.3 Å². The molecule has 0 radical (unpaired) electrons. The van der Waals surface area contributed by atoms with Crippen LogP contribution in [0.4, 0.5) is 0 Å². The lowest BCUT2D eigenvalue weighted by atomic mass is 10.0. The molecule has 24 heavy (non-hydrogen) atoms. The molecule has 0 aliphatic heterocycles. The summed E-state index contributed by atoms with van der Waals surface area (Å²) in [6.07, 6.45) is 0. The third-order valence-electron chi connectivity index (χ3n) is 4.12. The van der Waals surface area contributed by atoms with Crippen LogP contribution < -0.4 is 0 Å². The quantitative estimate of drug-likeness (QED) is 0.586. The van der Waals surface area contributed by atoms with E-state index in [0.717, 1.165) is 27.4 Å². The Morgan fingerprint density at radius 1 is 1.00 bits per heavy atom. The minimum absolute atomic E-state index is 0.0133. The van der Waals surface area contributed by atoms with Crippen LogP contribution in [0.15, 0.2) is 67.2 Å². The van der Waals surface area contributed by atoms with Gasteiger partial charge in [0.25, 0.3) is 0 Å². The molecule has 0 saturated heterocycles. The van der Waals surface area contributed by atoms with E-state index in [2.05, 4.69) is 16.5 Å². The molecule has 116 valence electrons. The normalized spacial score (nSPS) is 11.0. The molecule has 2 aromatic heterocycles. The highest BCUT2D eigenvalue weighted by Crippen LogP contribution is 2.32. The third-order valence-corrected chi connectivity index (χ3v) is 4.12. The minimum Gasteiger partial charge on any atom is -0.477 e. The van der Waals surface area contributed by atoms with Gasteiger partial charge in [0.1, 0.15) is 5.69 Å². The molecule has 0 atom stereocenters. The molecular weight excluding hydrogens is 300 g/mol. The molecule has 0 fully saturated rings. The van der Waals surface area contributed by atoms with Gasteiger partial charge in [0.05, 0.1) is 11.2 Å². The van der Waals surface area contributed by atoms with Crippen molar-refractivity contribution in [2.45, 2.75) is 0 Å². The van der Waals surface area contributed by atoms with Crippen LogP contribution in [-0.2, 0) is 0 Å². The van der Waals surface area contributed by atoms with Crippen LogP contribution in [0.25, 0.3) is 27.4 Å². The van der Waals surface area contributed by atoms with E-state index in [1.807, 2.05) is 54.6 Å². The molecule has 0 spiro atoms. The maximum absolute atomic E-state index is 11.5. The maximum Gasteiger partial charge on any atom is 0.354 e. The summed E-state index contributed by atoms with van der Waals surface area (Å²) >= 11 is 0. The Balaban J connectivity index is 2.06. The highest BCUT2D eigenvalue weighted by molar-refractivity contribution is 6.12. The molecule has 2 aromatic carbocycles. The lowest BCUT2D eigenvalue weighted by Gasteiger charge is -2.08. The first-order valence-corrected chi connectivity index (χ1v) is 7.54. The Hall–Kier alpha value is -3.40. The second-order valence-electron chi connectivity index (χ2n) is 5.60. The van der Waals surface area contributed by atoms with Gasteiger partial charge >= 0.3 is 5.97 Å². The number of H-pyrrole nitrogens is 1. The number of fused-ring (bicyclic) bond motifs is 3. The number of para-hydroxylation sites is 1. The zero-order valence-electron chi connectivity index (χ0n) is 12.8. The number of hydrogen-bond acceptors (Lipinski definition) is 2. The minimum atomic E-state index is -1.05. The predicted molar refractivity (Wildman–Crippen MR) is 95.1 cm³/mol. The summed E-state index contributed by atoms with van der Waals surface area (Å²) in [5.41, 5.74) is 3.92. The fourth-order valence-electron chi connectivity index (χ4n) is 2.95. The highest BCUT2D eigenvalue weighted by atomic mass is 16.4. The number of benzene rings is 2. The number of carboxylic acid groups (broad SMARTS) is 1. The molecule has 0 bridgehead atoms. The van der Waals surface area contributed by atoms with Crippen molar-refractivity contribution in [1.29, 1.82) is 0 Å². The molecule has 4 rings (SSSR count). The standard InChI is InChI=1S/C20H14N2O2/c1-12(13-7-3-2-4-8-13)18-19-15(11-17(22-18)20(23)24)14-9-5-6-10-16(14)21-19/h2-11,21H,1H2,(H,23,24). The van der Waals surface area contributed by atoms with Gasteiger partial charge in [-0.05, 0) is 17.7 Å². The number of carboxylic acids is 1. The monoisotopic (exact) mass is 314 g/mol. The van der Waals surface area contributed by atoms with Crippen molar-refractivity contribution in [3.63, 3.8) is 0 Å². The predicted octanol–water partition coefficient (Wildman–Crippen LogP) is 4.48. The molecule has 2 heterocycles. The van der Waals surface area contributed by atoms with Gasteiger partial charge in [-0.25, -0.2) is 9.78 Å². The third kappa shape index (κ3) is 2.16. The molecule has 4 aromatic rings. The molecule has 2 N–H and O–H groups in total. The maximum atomic E-state index is 11.5. The van der Waals surface area contributed by atoms with Crippen LogP contribution in [0.3, 0.4) is 0 Å². The fourth-order valence-corrected chi connectivity index (χ4v) is 2.95. The summed E-state index contributed by atoms with van der Waals surface area (Å²) in [5, 5.41) is 11.2. The Kier molecular flexibility index (Phi) is 3.17. The van der Waals surface area contributed by atoms with E-state index >= 15 is 0 Å². The number of carbonyl (C=O) groups is 1. The van der Waals surface area contributed by atoms with Gasteiger partial charge in [-0.2, -0.15) is 0 Å². The van der Waals surface area contributed by atoms with E-state index in [0.29, 0.717) is 11.3 Å². The van der Waals surface area contributed by atoms with Crippen LogP contribution in [0.1, 0.15) is 21.7 Å². The fraction of sp³-hybridized carbons (Fsp3) is 0. The topological polar surface area (TPSA) is 66.0 Å². The van der Waals surface area contributed by atoms with Crippen LogP contribution in [0, 0.1) is 0 Å². The van der Waals surface area contributed by atoms with Gasteiger partial charge in [-0.15, -0.1) is 0 Å². The number of hydrogen-bond donors (Lipinski definition) is 2. The highest BCUT2D eigenvalue weighted by Gasteiger charge is 2.17. The van der Waals surface area contributed by atoms with Gasteiger partial charge < -0.3 is 10.1 Å². The average molecular weight is 314 g/mol. The first kappa shape index (κ1) is 14.2. The van der Waals surface area contributed by atoms with Crippen molar-refractivity contribution in [1.82, 2.24) is 9.97 Å². The molecule has 0 amide bonds. The lowest BCUT2D eigenvalue weighted by molar-refractivity contribution is 0.0690. The zero-order valence-corrected chi connectivity index (χ0v) is 12.8. The number of nitrogens with one attached hydrogen (secondary N) is 1. The summed E-state index contributed by atoms with van der Waals surface area (Å²) in [6.45, 7) is 4.14. The number of nitrogens with zero attached hydrogens (tertiary/aromatic N) is 1. The number of aromatic amines is 1. The Morgan fingerprint density at radius 3 is 2.46 bits per heavy atom. The first-order chi connectivity index (χ1) is 11.6. The largest absolute Gasteiger partial charge is 0.477 e. The van der Waals surface area contributed by atoms with E-state index in [4.69, 9.17) is 0 Å². The van der Waals surface area contributed by atoms with Crippen LogP contribution in [-0.4, -0.2) is 21.0 Å². The van der Waals surface area contributed by atoms with Crippen LogP contribution in [0.5, 0.6) is 0 Å². The molecule has 0 aliphatic rings. The van der Waals surface area contributed by atoms with Gasteiger partial charge in [0.15, 0.2) is 0 Å². The Bertz CT molecular complexity index is 1090. The van der Waals surface area contributed by atoms with E-state index in [9.17, 15) is 9.90 Å². The van der Waals surface area contributed by atoms with Crippen molar-refractivity contribution < 1.29 is 9.90 Å². The van der Waals surface area contributed by atoms with Gasteiger partial charge in [0, 0.05) is 21.9 Å². The Morgan fingerprint density at radius 2 is 1.71 bits per heavy atom. The number of aromatic carboxylic acids is 1. The SMILES string of the molecule is C=C(c1ccccc1)c1nc(C(=O)O)cc2c1[nH]c1ccccc12. The van der Waals surface area contributed by atoms with Gasteiger partial charge in [-0.3, -0.25) is 0 Å². The second-order valence-corrected chi connectivity index (χ2v) is 5.60. The molecule has 0 unspecified atom stereocenters. The second kappa shape index (κ2) is 5.35. The number of aromatic nitrogens is 2. The Labute approximate surface area is 138 Å².